The second-order valence-corrected chi connectivity index (χ2v) is 5.35. The van der Waals surface area contributed by atoms with E-state index in [4.69, 9.17) is 5.73 Å². The molecule has 0 spiro atoms. The first-order valence-electron chi connectivity index (χ1n) is 7.49. The van der Waals surface area contributed by atoms with Crippen LogP contribution < -0.4 is 11.1 Å². The number of phenols is 1. The third kappa shape index (κ3) is 5.22. The van der Waals surface area contributed by atoms with Gasteiger partial charge < -0.3 is 16.2 Å². The highest BCUT2D eigenvalue weighted by molar-refractivity contribution is 5.79. The van der Waals surface area contributed by atoms with Crippen molar-refractivity contribution >= 4 is 5.91 Å². The van der Waals surface area contributed by atoms with Crippen LogP contribution in [-0.4, -0.2) is 23.6 Å². The van der Waals surface area contributed by atoms with Gasteiger partial charge >= 0.3 is 0 Å². The lowest BCUT2D eigenvalue weighted by Gasteiger charge is -2.15. The monoisotopic (exact) mass is 298 g/mol. The van der Waals surface area contributed by atoms with E-state index in [-0.39, 0.29) is 17.7 Å². The molecule has 0 fully saturated rings. The van der Waals surface area contributed by atoms with Crippen molar-refractivity contribution in [1.29, 1.82) is 0 Å². The molecule has 0 radical (unpaired) electrons. The molecule has 0 aromatic heterocycles. The summed E-state index contributed by atoms with van der Waals surface area (Å²) in [7, 11) is 0. The number of carbonyl (C=O) groups excluding carboxylic acids is 1. The zero-order chi connectivity index (χ0) is 15.8. The fraction of sp³-hybridized carbons (Fsp3) is 0.278. The summed E-state index contributed by atoms with van der Waals surface area (Å²) in [5.41, 5.74) is 7.78. The highest BCUT2D eigenvalue weighted by atomic mass is 16.3. The maximum absolute atomic E-state index is 11.5. The molecule has 0 heterocycles. The highest BCUT2D eigenvalue weighted by Gasteiger charge is 2.14. The van der Waals surface area contributed by atoms with E-state index >= 15 is 0 Å². The minimum atomic E-state index is -0.322. The normalized spacial score (nSPS) is 12.0. The summed E-state index contributed by atoms with van der Waals surface area (Å²) in [6, 6.07) is 16.8. The van der Waals surface area contributed by atoms with Crippen molar-refractivity contribution in [3.8, 4) is 5.75 Å². The maximum Gasteiger partial charge on any atom is 0.234 e. The van der Waals surface area contributed by atoms with Crippen molar-refractivity contribution in [2.75, 3.05) is 6.54 Å². The van der Waals surface area contributed by atoms with Gasteiger partial charge in [-0.05, 0) is 49.1 Å². The van der Waals surface area contributed by atoms with Crippen LogP contribution >= 0.6 is 0 Å². The molecule has 0 aliphatic heterocycles. The fourth-order valence-electron chi connectivity index (χ4n) is 2.35. The molecule has 2 rings (SSSR count). The Morgan fingerprint density at radius 2 is 1.64 bits per heavy atom. The second kappa shape index (κ2) is 8.20. The Balaban J connectivity index is 1.79. The number of nitrogens with one attached hydrogen (secondary N) is 1. The van der Waals surface area contributed by atoms with Crippen LogP contribution in [0.5, 0.6) is 5.75 Å². The predicted octanol–water partition coefficient (Wildman–Crippen LogP) is 2.01. The van der Waals surface area contributed by atoms with Crippen molar-refractivity contribution in [3.63, 3.8) is 0 Å². The number of primary amides is 1. The third-order valence-corrected chi connectivity index (χ3v) is 3.65. The number of aromatic hydroxyl groups is 1. The lowest BCUT2D eigenvalue weighted by molar-refractivity contribution is -0.120. The average Bonchev–Trinajstić information content (AvgIpc) is 2.53. The molecule has 1 amide bonds. The SMILES string of the molecule is NC(=O)C(CCc1ccccc1)NCCc1ccc(O)cc1. The maximum atomic E-state index is 11.5. The van der Waals surface area contributed by atoms with Crippen molar-refractivity contribution in [2.24, 2.45) is 5.73 Å². The molecule has 4 nitrogen and oxygen atoms in total. The minimum absolute atomic E-state index is 0.259. The number of hydrogen-bond acceptors (Lipinski definition) is 3. The van der Waals surface area contributed by atoms with E-state index in [1.165, 1.54) is 5.56 Å². The van der Waals surface area contributed by atoms with Gasteiger partial charge in [0.2, 0.25) is 5.91 Å². The Bertz CT molecular complexity index is 582. The first kappa shape index (κ1) is 16.0. The Labute approximate surface area is 131 Å². The highest BCUT2D eigenvalue weighted by Crippen LogP contribution is 2.10. The number of nitrogens with two attached hydrogens (primary N) is 1. The molecular formula is C18H22N2O2. The summed E-state index contributed by atoms with van der Waals surface area (Å²) in [6.07, 6.45) is 2.30. The molecular weight excluding hydrogens is 276 g/mol. The molecule has 2 aromatic carbocycles. The Morgan fingerprint density at radius 1 is 1.00 bits per heavy atom. The number of aryl methyl sites for hydroxylation is 1. The molecule has 116 valence electrons. The van der Waals surface area contributed by atoms with Gasteiger partial charge in [0.05, 0.1) is 6.04 Å². The zero-order valence-electron chi connectivity index (χ0n) is 12.5. The van der Waals surface area contributed by atoms with Gasteiger partial charge in [-0.15, -0.1) is 0 Å². The van der Waals surface area contributed by atoms with Crippen LogP contribution in [0.4, 0.5) is 0 Å². The largest absolute Gasteiger partial charge is 0.508 e. The first-order chi connectivity index (χ1) is 10.6. The van der Waals surface area contributed by atoms with E-state index in [2.05, 4.69) is 17.4 Å². The van der Waals surface area contributed by atoms with Crippen molar-refractivity contribution < 1.29 is 9.90 Å². The second-order valence-electron chi connectivity index (χ2n) is 5.35. The molecule has 1 atom stereocenters. The van der Waals surface area contributed by atoms with Crippen LogP contribution in [0.15, 0.2) is 54.6 Å². The molecule has 4 N–H and O–H groups in total. The van der Waals surface area contributed by atoms with Gasteiger partial charge in [0.25, 0.3) is 0 Å². The predicted molar refractivity (Wildman–Crippen MR) is 87.6 cm³/mol. The van der Waals surface area contributed by atoms with E-state index < -0.39 is 0 Å². The van der Waals surface area contributed by atoms with E-state index in [1.54, 1.807) is 12.1 Å². The third-order valence-electron chi connectivity index (χ3n) is 3.65. The topological polar surface area (TPSA) is 75.4 Å². The van der Waals surface area contributed by atoms with Crippen LogP contribution in [-0.2, 0) is 17.6 Å². The lowest BCUT2D eigenvalue weighted by Crippen LogP contribution is -2.42. The van der Waals surface area contributed by atoms with Gasteiger partial charge in [-0.1, -0.05) is 42.5 Å². The van der Waals surface area contributed by atoms with Gasteiger partial charge in [-0.3, -0.25) is 4.79 Å². The number of phenolic OH excluding ortho intramolecular Hbond substituents is 1. The molecule has 0 aliphatic rings. The first-order valence-corrected chi connectivity index (χ1v) is 7.49. The van der Waals surface area contributed by atoms with Crippen LogP contribution in [0.2, 0.25) is 0 Å². The zero-order valence-corrected chi connectivity index (χ0v) is 12.5. The van der Waals surface area contributed by atoms with Gasteiger partial charge in [0.15, 0.2) is 0 Å². The molecule has 0 saturated carbocycles. The molecule has 1 unspecified atom stereocenters. The van der Waals surface area contributed by atoms with E-state index in [0.717, 1.165) is 18.4 Å². The summed E-state index contributed by atoms with van der Waals surface area (Å²) >= 11 is 0. The van der Waals surface area contributed by atoms with Gasteiger partial charge in [0, 0.05) is 0 Å². The van der Waals surface area contributed by atoms with Gasteiger partial charge in [-0.2, -0.15) is 0 Å². The van der Waals surface area contributed by atoms with Gasteiger partial charge in [0.1, 0.15) is 5.75 Å². The summed E-state index contributed by atoms with van der Waals surface area (Å²) in [5, 5.41) is 12.5. The Hall–Kier alpha value is -2.33. The molecule has 4 heteroatoms. The Morgan fingerprint density at radius 3 is 2.27 bits per heavy atom. The van der Waals surface area contributed by atoms with E-state index in [1.807, 2.05) is 30.3 Å². The quantitative estimate of drug-likeness (QED) is 0.698. The standard InChI is InChI=1S/C18H22N2O2/c19-18(22)17(11-8-14-4-2-1-3-5-14)20-13-12-15-6-9-16(21)10-7-15/h1-7,9-10,17,20-21H,8,11-13H2,(H2,19,22). The number of amides is 1. The van der Waals surface area contributed by atoms with E-state index in [0.29, 0.717) is 13.0 Å². The number of benzene rings is 2. The van der Waals surface area contributed by atoms with Gasteiger partial charge in [-0.25, -0.2) is 0 Å². The summed E-state index contributed by atoms with van der Waals surface area (Å²) in [4.78, 5) is 11.5. The summed E-state index contributed by atoms with van der Waals surface area (Å²) in [5.74, 6) is -0.0591. The molecule has 0 saturated heterocycles. The van der Waals surface area contributed by atoms with Crippen LogP contribution in [0.1, 0.15) is 17.5 Å². The summed E-state index contributed by atoms with van der Waals surface area (Å²) < 4.78 is 0. The van der Waals surface area contributed by atoms with Crippen LogP contribution in [0.25, 0.3) is 0 Å². The minimum Gasteiger partial charge on any atom is -0.508 e. The molecule has 0 bridgehead atoms. The smallest absolute Gasteiger partial charge is 0.234 e. The fourth-order valence-corrected chi connectivity index (χ4v) is 2.35. The number of carbonyl (C=O) groups is 1. The average molecular weight is 298 g/mol. The van der Waals surface area contributed by atoms with Crippen molar-refractivity contribution in [2.45, 2.75) is 25.3 Å². The number of hydrogen-bond donors (Lipinski definition) is 3. The summed E-state index contributed by atoms with van der Waals surface area (Å²) in [6.45, 7) is 0.674. The van der Waals surface area contributed by atoms with Crippen molar-refractivity contribution in [3.05, 3.63) is 65.7 Å². The van der Waals surface area contributed by atoms with Crippen LogP contribution in [0, 0.1) is 0 Å². The lowest BCUT2D eigenvalue weighted by atomic mass is 10.0. The van der Waals surface area contributed by atoms with E-state index in [9.17, 15) is 9.90 Å². The Kier molecular flexibility index (Phi) is 5.98. The van der Waals surface area contributed by atoms with Crippen LogP contribution in [0.3, 0.4) is 0 Å². The molecule has 2 aromatic rings. The molecule has 0 aliphatic carbocycles. The molecule has 22 heavy (non-hydrogen) atoms. The van der Waals surface area contributed by atoms with Crippen molar-refractivity contribution in [1.82, 2.24) is 5.32 Å². The number of rotatable bonds is 8.